The minimum atomic E-state index is -4.11. The Hall–Kier alpha value is -0.290. The van der Waals surface area contributed by atoms with Gasteiger partial charge in [-0.15, -0.1) is 0 Å². The zero-order valence-electron chi connectivity index (χ0n) is 9.91. The van der Waals surface area contributed by atoms with Gasteiger partial charge < -0.3 is 5.32 Å². The largest absolute Gasteiger partial charge is 0.401 e. The Morgan fingerprint density at radius 1 is 1.20 bits per heavy atom. The van der Waals surface area contributed by atoms with Gasteiger partial charge in [0, 0.05) is 18.6 Å². The van der Waals surface area contributed by atoms with Crippen molar-refractivity contribution in [1.29, 1.82) is 0 Å². The second kappa shape index (κ2) is 5.70. The molecule has 0 spiro atoms. The van der Waals surface area contributed by atoms with Gasteiger partial charge in [0.2, 0.25) is 0 Å². The van der Waals surface area contributed by atoms with Gasteiger partial charge in [-0.25, -0.2) is 0 Å². The first-order valence-electron chi connectivity index (χ1n) is 5.18. The molecule has 0 aliphatic rings. The van der Waals surface area contributed by atoms with E-state index in [2.05, 4.69) is 31.0 Å². The van der Waals surface area contributed by atoms with Crippen molar-refractivity contribution in [3.05, 3.63) is 0 Å². The normalized spacial score (nSPS) is 13.6. The van der Waals surface area contributed by atoms with Crippen LogP contribution in [-0.4, -0.2) is 43.3 Å². The van der Waals surface area contributed by atoms with Crippen molar-refractivity contribution in [3.63, 3.8) is 0 Å². The van der Waals surface area contributed by atoms with E-state index in [0.29, 0.717) is 13.1 Å². The lowest BCUT2D eigenvalue weighted by atomic mass is 10.0. The number of nitrogens with one attached hydrogen (secondary N) is 1. The Balaban J connectivity index is 3.69. The van der Waals surface area contributed by atoms with Crippen LogP contribution in [0.5, 0.6) is 0 Å². The standard InChI is InChI=1S/C10H21F3N2/c1-5-9(2,3)15(4)7-6-14-8-10(11,12)13/h14H,5-8H2,1-4H3. The minimum Gasteiger partial charge on any atom is -0.307 e. The molecule has 2 nitrogen and oxygen atoms in total. The fraction of sp³-hybridized carbons (Fsp3) is 1.00. The number of hydrogen-bond donors (Lipinski definition) is 1. The highest BCUT2D eigenvalue weighted by Crippen LogP contribution is 2.15. The maximum absolute atomic E-state index is 11.8. The molecule has 0 saturated heterocycles. The van der Waals surface area contributed by atoms with Crippen LogP contribution in [0.25, 0.3) is 0 Å². The van der Waals surface area contributed by atoms with Gasteiger partial charge in [-0.2, -0.15) is 13.2 Å². The molecule has 0 unspecified atom stereocenters. The predicted molar refractivity (Wildman–Crippen MR) is 55.9 cm³/mol. The van der Waals surface area contributed by atoms with E-state index in [-0.39, 0.29) is 5.54 Å². The van der Waals surface area contributed by atoms with Gasteiger partial charge in [0.25, 0.3) is 0 Å². The highest BCUT2D eigenvalue weighted by molar-refractivity contribution is 4.77. The maximum atomic E-state index is 11.8. The number of likely N-dealkylation sites (N-methyl/N-ethyl adjacent to an activating group) is 1. The van der Waals surface area contributed by atoms with E-state index in [9.17, 15) is 13.2 Å². The van der Waals surface area contributed by atoms with Crippen molar-refractivity contribution >= 4 is 0 Å². The Bertz CT molecular complexity index is 178. The van der Waals surface area contributed by atoms with Crippen molar-refractivity contribution in [1.82, 2.24) is 10.2 Å². The first-order chi connectivity index (χ1) is 6.69. The van der Waals surface area contributed by atoms with Crippen LogP contribution in [0.4, 0.5) is 13.2 Å². The van der Waals surface area contributed by atoms with Crippen molar-refractivity contribution in [3.8, 4) is 0 Å². The number of alkyl halides is 3. The summed E-state index contributed by atoms with van der Waals surface area (Å²) in [6.07, 6.45) is -3.14. The third kappa shape index (κ3) is 6.73. The van der Waals surface area contributed by atoms with E-state index >= 15 is 0 Å². The van der Waals surface area contributed by atoms with Crippen molar-refractivity contribution in [2.24, 2.45) is 0 Å². The summed E-state index contributed by atoms with van der Waals surface area (Å²) in [5.41, 5.74) is 0.0416. The van der Waals surface area contributed by atoms with E-state index < -0.39 is 12.7 Å². The van der Waals surface area contributed by atoms with Crippen LogP contribution in [0, 0.1) is 0 Å². The highest BCUT2D eigenvalue weighted by atomic mass is 19.4. The molecule has 15 heavy (non-hydrogen) atoms. The van der Waals surface area contributed by atoms with Crippen LogP contribution in [0.2, 0.25) is 0 Å². The van der Waals surface area contributed by atoms with Crippen molar-refractivity contribution in [2.75, 3.05) is 26.7 Å². The molecule has 92 valence electrons. The molecule has 0 aliphatic carbocycles. The number of hydrogen-bond acceptors (Lipinski definition) is 2. The van der Waals surface area contributed by atoms with Gasteiger partial charge in [0.1, 0.15) is 0 Å². The Labute approximate surface area is 89.8 Å². The lowest BCUT2D eigenvalue weighted by molar-refractivity contribution is -0.124. The van der Waals surface area contributed by atoms with Crippen molar-refractivity contribution in [2.45, 2.75) is 38.9 Å². The Kier molecular flexibility index (Phi) is 5.59. The van der Waals surface area contributed by atoms with Crippen LogP contribution in [0.3, 0.4) is 0 Å². The van der Waals surface area contributed by atoms with Gasteiger partial charge in [0.15, 0.2) is 0 Å². The van der Waals surface area contributed by atoms with Gasteiger partial charge in [-0.1, -0.05) is 6.92 Å². The van der Waals surface area contributed by atoms with Crippen LogP contribution in [0.15, 0.2) is 0 Å². The number of rotatable bonds is 6. The van der Waals surface area contributed by atoms with Crippen LogP contribution >= 0.6 is 0 Å². The molecule has 0 aromatic rings. The summed E-state index contributed by atoms with van der Waals surface area (Å²) in [6, 6.07) is 0. The molecule has 0 aromatic heterocycles. The lowest BCUT2D eigenvalue weighted by Crippen LogP contribution is -2.44. The number of nitrogens with zero attached hydrogens (tertiary/aromatic N) is 1. The SMILES string of the molecule is CCC(C)(C)N(C)CCNCC(F)(F)F. The second-order valence-corrected chi connectivity index (χ2v) is 4.38. The molecule has 0 bridgehead atoms. The summed E-state index contributed by atoms with van der Waals surface area (Å²) in [6.45, 7) is 6.30. The molecule has 1 N–H and O–H groups in total. The molecular weight excluding hydrogens is 205 g/mol. The average Bonchev–Trinajstić information content (AvgIpc) is 2.10. The third-order valence-electron chi connectivity index (χ3n) is 2.85. The Morgan fingerprint density at radius 2 is 1.73 bits per heavy atom. The molecule has 0 saturated carbocycles. The summed E-state index contributed by atoms with van der Waals surface area (Å²) >= 11 is 0. The first kappa shape index (κ1) is 14.7. The van der Waals surface area contributed by atoms with Crippen LogP contribution in [0.1, 0.15) is 27.2 Å². The highest BCUT2D eigenvalue weighted by Gasteiger charge is 2.26. The van der Waals surface area contributed by atoms with Gasteiger partial charge in [-0.05, 0) is 27.3 Å². The predicted octanol–water partition coefficient (Wildman–Crippen LogP) is 2.26. The third-order valence-corrected chi connectivity index (χ3v) is 2.85. The summed E-state index contributed by atoms with van der Waals surface area (Å²) in [5.74, 6) is 0. The Morgan fingerprint density at radius 3 is 2.13 bits per heavy atom. The monoisotopic (exact) mass is 226 g/mol. The van der Waals surface area contributed by atoms with Gasteiger partial charge in [-0.3, -0.25) is 4.90 Å². The zero-order valence-corrected chi connectivity index (χ0v) is 9.91. The smallest absolute Gasteiger partial charge is 0.307 e. The van der Waals surface area contributed by atoms with E-state index in [4.69, 9.17) is 0 Å². The molecule has 0 radical (unpaired) electrons. The first-order valence-corrected chi connectivity index (χ1v) is 5.18. The summed E-state index contributed by atoms with van der Waals surface area (Å²) in [4.78, 5) is 2.07. The van der Waals surface area contributed by atoms with E-state index in [1.165, 1.54) is 0 Å². The van der Waals surface area contributed by atoms with Crippen LogP contribution in [-0.2, 0) is 0 Å². The molecule has 0 aromatic carbocycles. The topological polar surface area (TPSA) is 15.3 Å². The average molecular weight is 226 g/mol. The molecule has 0 atom stereocenters. The quantitative estimate of drug-likeness (QED) is 0.699. The maximum Gasteiger partial charge on any atom is 0.401 e. The van der Waals surface area contributed by atoms with E-state index in [0.717, 1.165) is 6.42 Å². The zero-order chi connectivity index (χ0) is 12.1. The fourth-order valence-electron chi connectivity index (χ4n) is 1.05. The fourth-order valence-corrected chi connectivity index (χ4v) is 1.05. The molecule has 5 heteroatoms. The summed E-state index contributed by atoms with van der Waals surface area (Å²) < 4.78 is 35.4. The second-order valence-electron chi connectivity index (χ2n) is 4.38. The lowest BCUT2D eigenvalue weighted by Gasteiger charge is -2.34. The van der Waals surface area contributed by atoms with Crippen molar-refractivity contribution < 1.29 is 13.2 Å². The van der Waals surface area contributed by atoms with Gasteiger partial charge in [0.05, 0.1) is 6.54 Å². The molecular formula is C10H21F3N2. The summed E-state index contributed by atoms with van der Waals surface area (Å²) in [7, 11) is 1.93. The molecule has 0 heterocycles. The molecule has 0 amide bonds. The molecule has 0 fully saturated rings. The van der Waals surface area contributed by atoms with Gasteiger partial charge >= 0.3 is 6.18 Å². The number of halogens is 3. The van der Waals surface area contributed by atoms with E-state index in [1.54, 1.807) is 0 Å². The summed E-state index contributed by atoms with van der Waals surface area (Å²) in [5, 5.41) is 2.39. The van der Waals surface area contributed by atoms with E-state index in [1.807, 2.05) is 7.05 Å². The molecule has 0 aliphatic heterocycles. The molecule has 0 rings (SSSR count). The van der Waals surface area contributed by atoms with Crippen LogP contribution < -0.4 is 5.32 Å². The minimum absolute atomic E-state index is 0.0416.